The zero-order valence-corrected chi connectivity index (χ0v) is 11.1. The molecule has 2 atom stereocenters. The van der Waals surface area contributed by atoms with Crippen LogP contribution in [-0.2, 0) is 9.59 Å². The van der Waals surface area contributed by atoms with Gasteiger partial charge in [0, 0.05) is 10.7 Å². The third-order valence-electron chi connectivity index (χ3n) is 3.74. The zero-order valence-electron chi connectivity index (χ0n) is 9.48. The van der Waals surface area contributed by atoms with E-state index in [0.717, 1.165) is 4.47 Å². The average Bonchev–Trinajstić information content (AvgIpc) is 2.72. The quantitative estimate of drug-likeness (QED) is 0.744. The zero-order chi connectivity index (χ0) is 12.4. The number of carbonyl (C=O) groups is 2. The lowest BCUT2D eigenvalue weighted by Crippen LogP contribution is -2.36. The first-order valence-corrected chi connectivity index (χ1v) is 6.23. The normalized spacial score (nSPS) is 29.5. The molecule has 0 radical (unpaired) electrons. The van der Waals surface area contributed by atoms with Crippen LogP contribution in [0, 0.1) is 17.3 Å². The highest BCUT2D eigenvalue weighted by Crippen LogP contribution is 2.63. The van der Waals surface area contributed by atoms with Gasteiger partial charge in [0.15, 0.2) is 0 Å². The van der Waals surface area contributed by atoms with Crippen LogP contribution >= 0.6 is 15.9 Å². The van der Waals surface area contributed by atoms with Crippen LogP contribution in [0.4, 0.5) is 5.82 Å². The Morgan fingerprint density at radius 2 is 1.82 bits per heavy atom. The Bertz CT molecular complexity index is 500. The van der Waals surface area contributed by atoms with Gasteiger partial charge in [0.25, 0.3) is 0 Å². The summed E-state index contributed by atoms with van der Waals surface area (Å²) in [6, 6.07) is 3.45. The van der Waals surface area contributed by atoms with E-state index in [1.165, 1.54) is 4.90 Å². The lowest BCUT2D eigenvalue weighted by Gasteiger charge is -2.19. The Morgan fingerprint density at radius 3 is 2.29 bits per heavy atom. The molecule has 2 fully saturated rings. The van der Waals surface area contributed by atoms with Gasteiger partial charge in [-0.1, -0.05) is 13.8 Å². The molecule has 1 aromatic heterocycles. The Balaban J connectivity index is 1.95. The van der Waals surface area contributed by atoms with E-state index >= 15 is 0 Å². The first-order valence-electron chi connectivity index (χ1n) is 5.44. The number of fused-ring (bicyclic) bond motifs is 1. The van der Waals surface area contributed by atoms with Gasteiger partial charge < -0.3 is 0 Å². The standard InChI is InChI=1S/C12H11BrN2O2/c1-12(2)8-9(12)11(17)15(10(8)16)7-4-3-6(13)5-14-7/h3-5,8-9H,1-2H3. The fourth-order valence-electron chi connectivity index (χ4n) is 2.67. The van der Waals surface area contributed by atoms with Crippen molar-refractivity contribution in [2.24, 2.45) is 17.3 Å². The maximum atomic E-state index is 12.1. The summed E-state index contributed by atoms with van der Waals surface area (Å²) in [6.45, 7) is 3.93. The van der Waals surface area contributed by atoms with Crippen LogP contribution in [0.2, 0.25) is 0 Å². The number of pyridine rings is 1. The van der Waals surface area contributed by atoms with Crippen molar-refractivity contribution in [3.8, 4) is 0 Å². The van der Waals surface area contributed by atoms with E-state index in [-0.39, 0.29) is 29.1 Å². The highest BCUT2D eigenvalue weighted by Gasteiger charge is 2.72. The lowest BCUT2D eigenvalue weighted by atomic mass is 10.1. The van der Waals surface area contributed by atoms with Gasteiger partial charge in [-0.2, -0.15) is 0 Å². The van der Waals surface area contributed by atoms with E-state index in [9.17, 15) is 9.59 Å². The van der Waals surface area contributed by atoms with E-state index in [4.69, 9.17) is 0 Å². The summed E-state index contributed by atoms with van der Waals surface area (Å²) >= 11 is 3.27. The van der Waals surface area contributed by atoms with Crippen LogP contribution in [-0.4, -0.2) is 16.8 Å². The minimum Gasteiger partial charge on any atom is -0.274 e. The first kappa shape index (κ1) is 10.9. The van der Waals surface area contributed by atoms with Gasteiger partial charge in [-0.05, 0) is 33.5 Å². The molecule has 1 aliphatic heterocycles. The number of amides is 2. The third-order valence-corrected chi connectivity index (χ3v) is 4.21. The largest absolute Gasteiger partial charge is 0.274 e. The fraction of sp³-hybridized carbons (Fsp3) is 0.417. The molecule has 3 rings (SSSR count). The van der Waals surface area contributed by atoms with Gasteiger partial charge in [-0.15, -0.1) is 0 Å². The van der Waals surface area contributed by atoms with E-state index in [1.54, 1.807) is 18.3 Å². The number of aromatic nitrogens is 1. The number of halogens is 1. The third kappa shape index (κ3) is 1.32. The number of anilines is 1. The molecule has 5 heteroatoms. The van der Waals surface area contributed by atoms with Crippen molar-refractivity contribution in [1.29, 1.82) is 0 Å². The van der Waals surface area contributed by atoms with Gasteiger partial charge >= 0.3 is 0 Å². The van der Waals surface area contributed by atoms with Crippen LogP contribution in [0.25, 0.3) is 0 Å². The van der Waals surface area contributed by atoms with Crippen molar-refractivity contribution in [1.82, 2.24) is 4.98 Å². The SMILES string of the molecule is CC1(C)C2C(=O)N(c3ccc(Br)cn3)C(=O)C21. The number of piperidine rings is 1. The van der Waals surface area contributed by atoms with Crippen molar-refractivity contribution in [3.63, 3.8) is 0 Å². The van der Waals surface area contributed by atoms with Gasteiger partial charge in [0.2, 0.25) is 11.8 Å². The molecule has 1 aliphatic carbocycles. The molecule has 2 aliphatic rings. The maximum absolute atomic E-state index is 12.1. The Hall–Kier alpha value is -1.23. The number of rotatable bonds is 1. The monoisotopic (exact) mass is 294 g/mol. The number of nitrogens with zero attached hydrogens (tertiary/aromatic N) is 2. The molecule has 88 valence electrons. The van der Waals surface area contributed by atoms with Crippen molar-refractivity contribution in [3.05, 3.63) is 22.8 Å². The molecular weight excluding hydrogens is 284 g/mol. The van der Waals surface area contributed by atoms with Crippen LogP contribution in [0.1, 0.15) is 13.8 Å². The molecule has 0 spiro atoms. The first-order chi connectivity index (χ1) is 7.94. The van der Waals surface area contributed by atoms with Crippen molar-refractivity contribution >= 4 is 33.6 Å². The maximum Gasteiger partial charge on any atom is 0.239 e. The fourth-order valence-corrected chi connectivity index (χ4v) is 2.91. The van der Waals surface area contributed by atoms with Crippen LogP contribution in [0.5, 0.6) is 0 Å². The molecule has 2 heterocycles. The minimum absolute atomic E-state index is 0.111. The smallest absolute Gasteiger partial charge is 0.239 e. The molecule has 17 heavy (non-hydrogen) atoms. The molecule has 1 saturated heterocycles. The Kier molecular flexibility index (Phi) is 2.03. The van der Waals surface area contributed by atoms with E-state index in [0.29, 0.717) is 5.82 Å². The second-order valence-corrected chi connectivity index (χ2v) is 6.04. The summed E-state index contributed by atoms with van der Waals surface area (Å²) in [5.41, 5.74) is -0.167. The highest BCUT2D eigenvalue weighted by molar-refractivity contribution is 9.10. The van der Waals surface area contributed by atoms with Gasteiger partial charge in [-0.3, -0.25) is 9.59 Å². The second kappa shape index (κ2) is 3.16. The topological polar surface area (TPSA) is 50.3 Å². The molecule has 0 aromatic carbocycles. The molecule has 2 unspecified atom stereocenters. The van der Waals surface area contributed by atoms with E-state index in [1.807, 2.05) is 13.8 Å². The lowest BCUT2D eigenvalue weighted by molar-refractivity contribution is -0.125. The van der Waals surface area contributed by atoms with Crippen LogP contribution in [0.3, 0.4) is 0 Å². The Morgan fingerprint density at radius 1 is 1.24 bits per heavy atom. The molecule has 1 aromatic rings. The van der Waals surface area contributed by atoms with Crippen molar-refractivity contribution in [2.75, 3.05) is 4.90 Å². The molecule has 4 nitrogen and oxygen atoms in total. The van der Waals surface area contributed by atoms with Gasteiger partial charge in [0.1, 0.15) is 5.82 Å². The van der Waals surface area contributed by atoms with Crippen LogP contribution < -0.4 is 4.90 Å². The number of hydrogen-bond donors (Lipinski definition) is 0. The summed E-state index contributed by atoms with van der Waals surface area (Å²) in [5, 5.41) is 0. The number of imide groups is 1. The molecule has 0 bridgehead atoms. The predicted molar refractivity (Wildman–Crippen MR) is 65.2 cm³/mol. The van der Waals surface area contributed by atoms with Crippen molar-refractivity contribution < 1.29 is 9.59 Å². The van der Waals surface area contributed by atoms with E-state index < -0.39 is 0 Å². The number of hydrogen-bond acceptors (Lipinski definition) is 3. The minimum atomic E-state index is -0.167. The summed E-state index contributed by atoms with van der Waals surface area (Å²) in [5.74, 6) is -0.105. The second-order valence-electron chi connectivity index (χ2n) is 5.12. The summed E-state index contributed by atoms with van der Waals surface area (Å²) < 4.78 is 0.825. The summed E-state index contributed by atoms with van der Waals surface area (Å²) in [7, 11) is 0. The van der Waals surface area contributed by atoms with E-state index in [2.05, 4.69) is 20.9 Å². The van der Waals surface area contributed by atoms with Crippen LogP contribution in [0.15, 0.2) is 22.8 Å². The highest BCUT2D eigenvalue weighted by atomic mass is 79.9. The number of carbonyl (C=O) groups excluding carboxylic acids is 2. The predicted octanol–water partition coefficient (Wildman–Crippen LogP) is 1.99. The summed E-state index contributed by atoms with van der Waals surface area (Å²) in [6.07, 6.45) is 1.59. The average molecular weight is 295 g/mol. The van der Waals surface area contributed by atoms with Gasteiger partial charge in [0.05, 0.1) is 11.8 Å². The molecule has 0 N–H and O–H groups in total. The molecule has 1 saturated carbocycles. The van der Waals surface area contributed by atoms with Gasteiger partial charge in [-0.25, -0.2) is 9.88 Å². The Labute approximate surface area is 107 Å². The summed E-state index contributed by atoms with van der Waals surface area (Å²) in [4.78, 5) is 29.5. The van der Waals surface area contributed by atoms with Crippen molar-refractivity contribution in [2.45, 2.75) is 13.8 Å². The molecular formula is C12H11BrN2O2. The molecule has 2 amide bonds.